The van der Waals surface area contributed by atoms with Crippen LogP contribution >= 0.6 is 0 Å². The fraction of sp³-hybridized carbons (Fsp3) is 1.00. The number of nitroso groups, excluding NO2 is 1. The third-order valence-corrected chi connectivity index (χ3v) is 2.18. The van der Waals surface area contributed by atoms with E-state index in [1.807, 2.05) is 0 Å². The van der Waals surface area contributed by atoms with Crippen molar-refractivity contribution in [3.05, 3.63) is 4.91 Å². The van der Waals surface area contributed by atoms with Crippen LogP contribution in [0.1, 0.15) is 26.2 Å². The molecule has 0 N–H and O–H groups in total. The Kier molecular flexibility index (Phi) is 2.20. The Morgan fingerprint density at radius 1 is 1.56 bits per heavy atom. The van der Waals surface area contributed by atoms with Gasteiger partial charge in [-0.3, -0.25) is 0 Å². The first-order valence-electron chi connectivity index (χ1n) is 3.67. The van der Waals surface area contributed by atoms with E-state index >= 15 is 0 Å². The van der Waals surface area contributed by atoms with E-state index in [0.29, 0.717) is 6.54 Å². The molecule has 52 valence electrons. The van der Waals surface area contributed by atoms with E-state index in [1.54, 1.807) is 0 Å². The molecule has 1 aliphatic carbocycles. The summed E-state index contributed by atoms with van der Waals surface area (Å²) >= 11 is 0. The molecule has 1 fully saturated rings. The van der Waals surface area contributed by atoms with E-state index in [9.17, 15) is 4.91 Å². The average molecular weight is 127 g/mol. The summed E-state index contributed by atoms with van der Waals surface area (Å²) in [5.74, 6) is 1.76. The van der Waals surface area contributed by atoms with Gasteiger partial charge in [-0.15, -0.1) is 0 Å². The van der Waals surface area contributed by atoms with Crippen LogP contribution in [-0.2, 0) is 0 Å². The van der Waals surface area contributed by atoms with Crippen molar-refractivity contribution in [1.82, 2.24) is 0 Å². The summed E-state index contributed by atoms with van der Waals surface area (Å²) in [4.78, 5) is 9.68. The monoisotopic (exact) mass is 127 g/mol. The van der Waals surface area contributed by atoms with E-state index < -0.39 is 0 Å². The molecule has 0 heterocycles. The van der Waals surface area contributed by atoms with E-state index in [2.05, 4.69) is 12.1 Å². The quantitative estimate of drug-likeness (QED) is 0.532. The van der Waals surface area contributed by atoms with Gasteiger partial charge < -0.3 is 0 Å². The molecule has 0 aliphatic heterocycles. The fourth-order valence-electron chi connectivity index (χ4n) is 1.38. The highest BCUT2D eigenvalue weighted by Gasteiger charge is 2.34. The Hall–Kier alpha value is -0.400. The van der Waals surface area contributed by atoms with E-state index in [0.717, 1.165) is 18.3 Å². The minimum absolute atomic E-state index is 0.529. The maximum atomic E-state index is 9.68. The van der Waals surface area contributed by atoms with Crippen molar-refractivity contribution in [1.29, 1.82) is 0 Å². The molecule has 0 saturated heterocycles. The summed E-state index contributed by atoms with van der Waals surface area (Å²) in [6.07, 6.45) is 3.65. The van der Waals surface area contributed by atoms with Crippen LogP contribution in [-0.4, -0.2) is 6.54 Å². The number of nitrogens with zero attached hydrogens (tertiary/aromatic N) is 1. The smallest absolute Gasteiger partial charge is 0.0813 e. The van der Waals surface area contributed by atoms with E-state index in [-0.39, 0.29) is 0 Å². The third-order valence-electron chi connectivity index (χ3n) is 2.18. The van der Waals surface area contributed by atoms with E-state index in [4.69, 9.17) is 0 Å². The maximum Gasteiger partial charge on any atom is 0.0813 e. The van der Waals surface area contributed by atoms with Crippen LogP contribution in [0.15, 0.2) is 5.18 Å². The Morgan fingerprint density at radius 2 is 2.33 bits per heavy atom. The predicted octanol–water partition coefficient (Wildman–Crippen LogP) is 2.19. The summed E-state index contributed by atoms with van der Waals surface area (Å²) in [5.41, 5.74) is 0. The molecular weight excluding hydrogens is 114 g/mol. The normalized spacial score (nSPS) is 32.1. The molecule has 2 nitrogen and oxygen atoms in total. The third kappa shape index (κ3) is 1.77. The zero-order valence-corrected chi connectivity index (χ0v) is 5.84. The molecular formula is C7H13NO. The summed E-state index contributed by atoms with van der Waals surface area (Å²) in [7, 11) is 0. The maximum absolute atomic E-state index is 9.68. The van der Waals surface area contributed by atoms with Crippen LogP contribution in [0, 0.1) is 16.7 Å². The molecule has 1 aliphatic rings. The van der Waals surface area contributed by atoms with Gasteiger partial charge in [0.05, 0.1) is 6.54 Å². The molecule has 0 amide bonds. The lowest BCUT2D eigenvalue weighted by Gasteiger charge is -1.89. The first-order chi connectivity index (χ1) is 4.38. The fourth-order valence-corrected chi connectivity index (χ4v) is 1.38. The lowest BCUT2D eigenvalue weighted by atomic mass is 10.2. The van der Waals surface area contributed by atoms with Crippen LogP contribution in [0.5, 0.6) is 0 Å². The topological polar surface area (TPSA) is 29.4 Å². The molecule has 0 radical (unpaired) electrons. The first kappa shape index (κ1) is 6.72. The summed E-state index contributed by atoms with van der Waals surface area (Å²) in [6.45, 7) is 2.74. The van der Waals surface area contributed by atoms with Crippen LogP contribution in [0.2, 0.25) is 0 Å². The zero-order chi connectivity index (χ0) is 6.69. The van der Waals surface area contributed by atoms with Crippen molar-refractivity contribution in [2.45, 2.75) is 26.2 Å². The van der Waals surface area contributed by atoms with Crippen molar-refractivity contribution in [2.75, 3.05) is 6.54 Å². The molecule has 9 heavy (non-hydrogen) atoms. The lowest BCUT2D eigenvalue weighted by Crippen LogP contribution is -1.84. The molecule has 2 atom stereocenters. The van der Waals surface area contributed by atoms with Crippen molar-refractivity contribution >= 4 is 0 Å². The Morgan fingerprint density at radius 3 is 2.78 bits per heavy atom. The zero-order valence-electron chi connectivity index (χ0n) is 5.84. The number of hydrogen-bond donors (Lipinski definition) is 0. The van der Waals surface area contributed by atoms with Gasteiger partial charge in [0, 0.05) is 0 Å². The number of rotatable bonds is 4. The minimum Gasteiger partial charge on any atom is -0.151 e. The van der Waals surface area contributed by atoms with Crippen LogP contribution in [0.25, 0.3) is 0 Å². The van der Waals surface area contributed by atoms with Gasteiger partial charge in [-0.25, -0.2) is 0 Å². The second-order valence-corrected chi connectivity index (χ2v) is 2.81. The Bertz CT molecular complexity index is 103. The molecule has 0 bridgehead atoms. The van der Waals surface area contributed by atoms with Gasteiger partial charge in [0.25, 0.3) is 0 Å². The largest absolute Gasteiger partial charge is 0.151 e. The second-order valence-electron chi connectivity index (χ2n) is 2.81. The highest BCUT2D eigenvalue weighted by molar-refractivity contribution is 4.84. The van der Waals surface area contributed by atoms with Gasteiger partial charge in [-0.05, 0) is 24.7 Å². The predicted molar refractivity (Wildman–Crippen MR) is 37.2 cm³/mol. The van der Waals surface area contributed by atoms with Gasteiger partial charge in [0.2, 0.25) is 0 Å². The van der Waals surface area contributed by atoms with Gasteiger partial charge in [0.15, 0.2) is 0 Å². The molecule has 0 aromatic rings. The Labute approximate surface area is 55.6 Å². The minimum atomic E-state index is 0.529. The Balaban J connectivity index is 1.98. The lowest BCUT2D eigenvalue weighted by molar-refractivity contribution is 0.638. The van der Waals surface area contributed by atoms with Crippen LogP contribution in [0.3, 0.4) is 0 Å². The molecule has 2 heteroatoms. The molecule has 0 spiro atoms. The van der Waals surface area contributed by atoms with Crippen LogP contribution < -0.4 is 0 Å². The van der Waals surface area contributed by atoms with Crippen molar-refractivity contribution in [3.63, 3.8) is 0 Å². The van der Waals surface area contributed by atoms with Crippen molar-refractivity contribution in [3.8, 4) is 0 Å². The molecule has 0 aromatic heterocycles. The summed E-state index contributed by atoms with van der Waals surface area (Å²) < 4.78 is 0. The van der Waals surface area contributed by atoms with Crippen molar-refractivity contribution < 1.29 is 0 Å². The van der Waals surface area contributed by atoms with E-state index in [1.165, 1.54) is 12.8 Å². The highest BCUT2D eigenvalue weighted by Crippen LogP contribution is 2.43. The van der Waals surface area contributed by atoms with Gasteiger partial charge in [-0.1, -0.05) is 18.5 Å². The van der Waals surface area contributed by atoms with Crippen LogP contribution in [0.4, 0.5) is 0 Å². The highest BCUT2D eigenvalue weighted by atomic mass is 16.3. The van der Waals surface area contributed by atoms with Gasteiger partial charge >= 0.3 is 0 Å². The molecule has 1 saturated carbocycles. The molecule has 1 rings (SSSR count). The standard InChI is InChI=1S/C7H13NO/c1-2-6-5-7(6)3-4-8-9/h6-7H,2-5H2,1H3. The summed E-state index contributed by atoms with van der Waals surface area (Å²) in [5, 5.41) is 2.83. The second kappa shape index (κ2) is 2.95. The SMILES string of the molecule is CCC1CC1CCN=O. The molecule has 2 unspecified atom stereocenters. The van der Waals surface area contributed by atoms with Gasteiger partial charge in [-0.2, -0.15) is 4.91 Å². The average Bonchev–Trinajstić information content (AvgIpc) is 2.62. The molecule has 0 aromatic carbocycles. The first-order valence-corrected chi connectivity index (χ1v) is 3.67. The van der Waals surface area contributed by atoms with Crippen molar-refractivity contribution in [2.24, 2.45) is 17.0 Å². The number of hydrogen-bond acceptors (Lipinski definition) is 2. The van der Waals surface area contributed by atoms with Gasteiger partial charge in [0.1, 0.15) is 0 Å². The summed E-state index contributed by atoms with van der Waals surface area (Å²) in [6, 6.07) is 0.